The maximum atomic E-state index is 7.38. The van der Waals surface area contributed by atoms with Gasteiger partial charge in [0, 0.05) is 33.1 Å². The molecular weight excluding hydrogens is 1810 g/mol. The highest BCUT2D eigenvalue weighted by atomic mass is 16.4. The van der Waals surface area contributed by atoms with E-state index in [1.54, 1.807) is 0 Å². The Kier molecular flexibility index (Phi) is 18.5. The molecule has 0 N–H and O–H groups in total. The predicted molar refractivity (Wildman–Crippen MR) is 620 cm³/mol. The maximum Gasteiger partial charge on any atom is 0.227 e. The van der Waals surface area contributed by atoms with E-state index >= 15 is 0 Å². The molecule has 150 heavy (non-hydrogen) atoms. The minimum Gasteiger partial charge on any atom is -0.436 e. The molecule has 0 unspecified atom stereocenters. The Hall–Kier alpha value is -18.7. The van der Waals surface area contributed by atoms with E-state index in [4.69, 9.17) is 18.8 Å². The molecule has 0 atom stereocenters. The molecule has 4 nitrogen and oxygen atoms in total. The summed E-state index contributed by atoms with van der Waals surface area (Å²) in [6, 6.07) is 184. The number of nitrogens with zero attached hydrogens (tertiary/aromatic N) is 2. The summed E-state index contributed by atoms with van der Waals surface area (Å²) in [6.45, 7) is 9.41. The second-order valence-electron chi connectivity index (χ2n) is 42.5. The fourth-order valence-electron chi connectivity index (χ4n) is 27.7. The summed E-state index contributed by atoms with van der Waals surface area (Å²) in [5.74, 6) is 1.19. The number of oxazole rings is 2. The van der Waals surface area contributed by atoms with Crippen LogP contribution in [0.15, 0.2) is 506 Å². The van der Waals surface area contributed by atoms with Crippen molar-refractivity contribution in [2.45, 2.75) is 49.4 Å². The monoisotopic (exact) mass is 1910 g/mol. The average Bonchev–Trinajstić information content (AvgIpc) is 1.51. The van der Waals surface area contributed by atoms with Gasteiger partial charge in [-0.2, -0.15) is 0 Å². The van der Waals surface area contributed by atoms with E-state index in [2.05, 4.69) is 525 Å². The van der Waals surface area contributed by atoms with Crippen LogP contribution in [-0.2, 0) is 21.7 Å². The van der Waals surface area contributed by atoms with Gasteiger partial charge in [-0.25, -0.2) is 9.97 Å². The van der Waals surface area contributed by atoms with Crippen LogP contribution in [0.2, 0.25) is 0 Å². The summed E-state index contributed by atoms with van der Waals surface area (Å²) in [5, 5.41) is 9.86. The molecule has 0 fully saturated rings. The van der Waals surface area contributed by atoms with E-state index in [1.807, 2.05) is 0 Å². The first-order chi connectivity index (χ1) is 73.9. The molecule has 2 spiro atoms. The van der Waals surface area contributed by atoms with Gasteiger partial charge in [-0.3, -0.25) is 0 Å². The van der Waals surface area contributed by atoms with Crippen LogP contribution in [0.1, 0.15) is 94.5 Å². The van der Waals surface area contributed by atoms with Crippen LogP contribution in [0.4, 0.5) is 0 Å². The molecule has 0 bridgehead atoms. The highest BCUT2D eigenvalue weighted by molar-refractivity contribution is 6.23. The molecule has 32 rings (SSSR count). The molecule has 0 saturated carbocycles. The van der Waals surface area contributed by atoms with Gasteiger partial charge in [-0.15, -0.1) is 0 Å². The minimum atomic E-state index is -0.490. The predicted octanol–water partition coefficient (Wildman–Crippen LogP) is 38.2. The summed E-state index contributed by atoms with van der Waals surface area (Å²) in [6.07, 6.45) is 0. The van der Waals surface area contributed by atoms with Crippen LogP contribution in [0.3, 0.4) is 0 Å². The molecule has 26 aromatic rings. The van der Waals surface area contributed by atoms with E-state index in [0.717, 1.165) is 77.8 Å². The first-order valence-corrected chi connectivity index (χ1v) is 52.4. The lowest BCUT2D eigenvalue weighted by Gasteiger charge is -2.30. The number of rotatable bonds is 10. The van der Waals surface area contributed by atoms with Gasteiger partial charge in [0.15, 0.2) is 11.2 Å². The lowest BCUT2D eigenvalue weighted by Crippen LogP contribution is -2.25. The first kappa shape index (κ1) is 85.6. The smallest absolute Gasteiger partial charge is 0.227 e. The molecule has 24 aromatic carbocycles. The van der Waals surface area contributed by atoms with Crippen molar-refractivity contribution in [2.75, 3.05) is 0 Å². The molecule has 6 aliphatic rings. The van der Waals surface area contributed by atoms with Crippen LogP contribution in [-0.4, -0.2) is 9.97 Å². The zero-order chi connectivity index (χ0) is 99.1. The Morgan fingerprint density at radius 3 is 0.740 bits per heavy atom. The van der Waals surface area contributed by atoms with Crippen molar-refractivity contribution in [3.8, 4) is 179 Å². The zero-order valence-electron chi connectivity index (χ0n) is 83.1. The van der Waals surface area contributed by atoms with Gasteiger partial charge >= 0.3 is 0 Å². The van der Waals surface area contributed by atoms with E-state index in [-0.39, 0.29) is 10.8 Å². The van der Waals surface area contributed by atoms with Crippen molar-refractivity contribution in [3.63, 3.8) is 0 Å². The van der Waals surface area contributed by atoms with Crippen molar-refractivity contribution in [3.05, 3.63) is 564 Å². The second kappa shape index (κ2) is 32.4. The topological polar surface area (TPSA) is 52.1 Å². The number of hydrogen-bond donors (Lipinski definition) is 0. The third-order valence-electron chi connectivity index (χ3n) is 34.3. The largest absolute Gasteiger partial charge is 0.436 e. The Bertz CT molecular complexity index is 9660. The van der Waals surface area contributed by atoms with Crippen molar-refractivity contribution in [2.24, 2.45) is 0 Å². The molecule has 0 radical (unpaired) electrons. The van der Waals surface area contributed by atoms with Gasteiger partial charge in [0.05, 0.1) is 10.8 Å². The van der Waals surface area contributed by atoms with E-state index in [0.29, 0.717) is 11.8 Å². The highest BCUT2D eigenvalue weighted by Gasteiger charge is 2.54. The molecule has 2 heterocycles. The van der Waals surface area contributed by atoms with Crippen LogP contribution in [0.5, 0.6) is 0 Å². The SMILES string of the molecule is CC1(C)c2ccccc2-c2ccc(-c3cc4nc(-c5ccc(-c6c7ccccc7c(-c7ccccc7)c7ccccc67)cc5)oc4cc3-c3ccc4c(c3)C(C)(C)c3ccccc3-4)cc21.c1ccc(-c2c3ccccc3c(-c3ccc(-c4nc5c(-c6ccc7c(c6)C6(c8ccccc8-c8ccccc86)c6ccccc6-7)ccc(-c6ccc7c(c6)C6(c8ccccc8-c8ccccc86)c6ccccc6-7)c5o4)cc3)c3ccccc23)cc1. The van der Waals surface area contributed by atoms with E-state index in [1.165, 1.54) is 221 Å². The number of benzene rings is 24. The van der Waals surface area contributed by atoms with E-state index in [9.17, 15) is 0 Å². The summed E-state index contributed by atoms with van der Waals surface area (Å²) in [5.41, 5.74) is 53.9. The molecule has 0 amide bonds. The summed E-state index contributed by atoms with van der Waals surface area (Å²) >= 11 is 0. The molecule has 700 valence electrons. The normalized spacial score (nSPS) is 13.9. The van der Waals surface area contributed by atoms with Gasteiger partial charge in [-0.1, -0.05) is 458 Å². The zero-order valence-corrected chi connectivity index (χ0v) is 83.1. The molecule has 0 aliphatic heterocycles. The standard InChI is InChI=1S/C83H49NO.C63H45NO/c1-2-20-50(21-3-1)77-65-28-4-6-30-67(65)78(68-31-7-5-29-66(68)77)51-38-40-52(41-39-51)81-84-79-55(53-42-44-63-61-26-12-18-36-73(61)82(75(63)48-53)69-32-14-8-22-57(69)58-23-9-15-33-70(58)82)46-47-56(80(79)85-81)54-43-45-64-62-27-13-19-37-74(62)83(76(64)49-54)71-34-16-10-24-59(71)60-25-11-17-35-72(60)83;1-62(2)53-24-14-12-18-43(53)45-32-30-41(34-55(45)62)51-36-57-58(37-52(51)42-31-33-46-44-19-13-15-25-54(44)63(3,4)56(46)35-42)65-61(64-57)40-28-26-39(27-29-40)60-49-22-10-8-20-47(49)59(38-16-6-5-7-17-38)48-21-9-11-23-50(48)60/h1-49H;5-37H,1-4H3. The van der Waals surface area contributed by atoms with Gasteiger partial charge < -0.3 is 8.83 Å². The van der Waals surface area contributed by atoms with Crippen LogP contribution >= 0.6 is 0 Å². The Balaban J connectivity index is 0.000000140. The highest BCUT2D eigenvalue weighted by Crippen LogP contribution is 2.67. The lowest BCUT2D eigenvalue weighted by atomic mass is 9.70. The fourth-order valence-corrected chi connectivity index (χ4v) is 27.7. The quantitative estimate of drug-likeness (QED) is 0.128. The number of fused-ring (bicyclic) bond motifs is 32. The molecule has 4 heteroatoms. The van der Waals surface area contributed by atoms with Gasteiger partial charge in [0.1, 0.15) is 11.0 Å². The fraction of sp³-hybridized carbons (Fsp3) is 0.0548. The Morgan fingerprint density at radius 2 is 0.393 bits per heavy atom. The third-order valence-corrected chi connectivity index (χ3v) is 34.3. The maximum absolute atomic E-state index is 7.38. The van der Waals surface area contributed by atoms with Crippen LogP contribution < -0.4 is 0 Å². The molecule has 6 aliphatic carbocycles. The minimum absolute atomic E-state index is 0.120. The van der Waals surface area contributed by atoms with Gasteiger partial charge in [0.25, 0.3) is 0 Å². The lowest BCUT2D eigenvalue weighted by molar-refractivity contribution is 0.620. The third kappa shape index (κ3) is 12.2. The van der Waals surface area contributed by atoms with Crippen LogP contribution in [0, 0.1) is 0 Å². The summed E-state index contributed by atoms with van der Waals surface area (Å²) < 4.78 is 14.2. The average molecular weight is 1910 g/mol. The second-order valence-corrected chi connectivity index (χ2v) is 42.5. The van der Waals surface area contributed by atoms with Gasteiger partial charge in [-0.05, 0) is 321 Å². The van der Waals surface area contributed by atoms with Crippen molar-refractivity contribution in [1.82, 2.24) is 9.97 Å². The van der Waals surface area contributed by atoms with Crippen molar-refractivity contribution >= 4 is 65.3 Å². The Labute approximate surface area is 870 Å². The molecule has 0 saturated heterocycles. The molecule has 2 aromatic heterocycles. The Morgan fingerprint density at radius 1 is 0.160 bits per heavy atom. The first-order valence-electron chi connectivity index (χ1n) is 52.4. The summed E-state index contributed by atoms with van der Waals surface area (Å²) in [4.78, 5) is 10.9. The molecular formula is C146H94N2O2. The van der Waals surface area contributed by atoms with E-state index < -0.39 is 10.8 Å². The van der Waals surface area contributed by atoms with Crippen molar-refractivity contribution in [1.29, 1.82) is 0 Å². The van der Waals surface area contributed by atoms with Gasteiger partial charge in [0.2, 0.25) is 11.8 Å². The number of hydrogen-bond acceptors (Lipinski definition) is 4. The van der Waals surface area contributed by atoms with Crippen LogP contribution in [0.25, 0.3) is 244 Å². The van der Waals surface area contributed by atoms with Crippen molar-refractivity contribution < 1.29 is 8.83 Å². The number of aromatic nitrogens is 2. The summed E-state index contributed by atoms with van der Waals surface area (Å²) in [7, 11) is 0.